The molecule has 0 bridgehead atoms. The molecule has 1 N–H and O–H groups in total. The Balaban J connectivity index is 2.55. The minimum absolute atomic E-state index is 0.352. The predicted molar refractivity (Wildman–Crippen MR) is 99.2 cm³/mol. The van der Waals surface area contributed by atoms with Gasteiger partial charge >= 0.3 is 6.18 Å². The number of alkyl halides is 3. The molecular weight excluding hydrogens is 385 g/mol. The largest absolute Gasteiger partial charge is 0.492 e. The van der Waals surface area contributed by atoms with E-state index in [1.165, 1.54) is 0 Å². The molecule has 0 saturated heterocycles. The molecule has 0 aliphatic heterocycles. The number of halogens is 4. The van der Waals surface area contributed by atoms with E-state index in [9.17, 15) is 18.0 Å². The summed E-state index contributed by atoms with van der Waals surface area (Å²) in [6.45, 7) is 1.53. The summed E-state index contributed by atoms with van der Waals surface area (Å²) in [4.78, 5) is 18.3. The summed E-state index contributed by atoms with van der Waals surface area (Å²) in [5, 5.41) is 3.60. The molecule has 0 saturated carbocycles. The number of hydrogen-bond acceptors (Lipinski definition) is 3. The van der Waals surface area contributed by atoms with E-state index in [0.29, 0.717) is 41.3 Å². The second kappa shape index (κ2) is 10.9. The number of carbonyl (C=O) groups excluding carboxylic acids is 1. The number of benzene rings is 1. The van der Waals surface area contributed by atoms with Crippen LogP contribution in [0.1, 0.15) is 6.92 Å². The second-order valence-electron chi connectivity index (χ2n) is 5.76. The molecule has 0 aliphatic carbocycles. The van der Waals surface area contributed by atoms with Crippen LogP contribution < -0.4 is 10.1 Å². The molecule has 0 radical (unpaired) electrons. The Kier molecular flexibility index (Phi) is 9.20. The van der Waals surface area contributed by atoms with Crippen molar-refractivity contribution in [2.75, 3.05) is 46.9 Å². The molecule has 6 nitrogen and oxygen atoms in total. The number of nitrogens with zero attached hydrogens (tertiary/aromatic N) is 3. The van der Waals surface area contributed by atoms with Crippen LogP contribution in [0.15, 0.2) is 29.3 Å². The fourth-order valence-corrected chi connectivity index (χ4v) is 2.15. The lowest BCUT2D eigenvalue weighted by molar-refractivity contribution is -0.157. The van der Waals surface area contributed by atoms with Crippen molar-refractivity contribution in [1.29, 1.82) is 0 Å². The molecule has 1 amide bonds. The first-order valence-corrected chi connectivity index (χ1v) is 8.68. The molecule has 0 heterocycles. The van der Waals surface area contributed by atoms with Crippen LogP contribution in [0.2, 0.25) is 5.02 Å². The number of nitrogens with one attached hydrogen (secondary N) is 1. The maximum atomic E-state index is 12.3. The molecule has 10 heteroatoms. The summed E-state index contributed by atoms with van der Waals surface area (Å²) in [7, 11) is 2.85. The zero-order valence-electron chi connectivity index (χ0n) is 15.5. The van der Waals surface area contributed by atoms with E-state index in [-0.39, 0.29) is 6.54 Å². The summed E-state index contributed by atoms with van der Waals surface area (Å²) in [5.41, 5.74) is 0. The van der Waals surface area contributed by atoms with Gasteiger partial charge in [-0.05, 0) is 31.2 Å². The van der Waals surface area contributed by atoms with Crippen molar-refractivity contribution in [1.82, 2.24) is 15.1 Å². The Hall–Kier alpha value is -2.16. The quantitative estimate of drug-likeness (QED) is 0.530. The van der Waals surface area contributed by atoms with Gasteiger partial charge in [0.25, 0.3) is 0 Å². The van der Waals surface area contributed by atoms with Gasteiger partial charge in [-0.1, -0.05) is 11.6 Å². The Morgan fingerprint density at radius 3 is 2.41 bits per heavy atom. The zero-order chi connectivity index (χ0) is 20.4. The van der Waals surface area contributed by atoms with E-state index in [0.717, 1.165) is 7.05 Å². The first-order chi connectivity index (χ1) is 12.6. The van der Waals surface area contributed by atoms with Crippen LogP contribution >= 0.6 is 11.6 Å². The Morgan fingerprint density at radius 2 is 1.85 bits per heavy atom. The van der Waals surface area contributed by atoms with Crippen molar-refractivity contribution >= 4 is 23.5 Å². The van der Waals surface area contributed by atoms with Crippen LogP contribution in [0.4, 0.5) is 13.2 Å². The molecular formula is C17H24ClF3N4O2. The number of ether oxygens (including phenoxy) is 1. The van der Waals surface area contributed by atoms with Crippen molar-refractivity contribution in [2.45, 2.75) is 13.1 Å². The lowest BCUT2D eigenvalue weighted by Gasteiger charge is -2.23. The molecule has 1 aromatic carbocycles. The van der Waals surface area contributed by atoms with Gasteiger partial charge in [-0.2, -0.15) is 13.2 Å². The van der Waals surface area contributed by atoms with Crippen LogP contribution in [-0.4, -0.2) is 74.7 Å². The molecule has 0 aliphatic rings. The highest BCUT2D eigenvalue weighted by atomic mass is 35.5. The van der Waals surface area contributed by atoms with Gasteiger partial charge in [-0.25, -0.2) is 4.99 Å². The van der Waals surface area contributed by atoms with Crippen molar-refractivity contribution < 1.29 is 22.7 Å². The Morgan fingerprint density at radius 1 is 1.22 bits per heavy atom. The van der Waals surface area contributed by atoms with Crippen LogP contribution in [0, 0.1) is 0 Å². The highest BCUT2D eigenvalue weighted by molar-refractivity contribution is 6.30. The number of rotatable bonds is 8. The van der Waals surface area contributed by atoms with E-state index in [1.807, 2.05) is 6.92 Å². The normalized spacial score (nSPS) is 11.9. The van der Waals surface area contributed by atoms with Crippen LogP contribution in [0.5, 0.6) is 5.75 Å². The van der Waals surface area contributed by atoms with E-state index >= 15 is 0 Å². The number of guanidine groups is 1. The average molecular weight is 409 g/mol. The molecule has 0 unspecified atom stereocenters. The topological polar surface area (TPSA) is 57.2 Å². The van der Waals surface area contributed by atoms with Gasteiger partial charge in [-0.3, -0.25) is 4.79 Å². The van der Waals surface area contributed by atoms with E-state index in [1.54, 1.807) is 36.2 Å². The number of hydrogen-bond donors (Lipinski definition) is 1. The summed E-state index contributed by atoms with van der Waals surface area (Å²) >= 11 is 5.81. The fraction of sp³-hybridized carbons (Fsp3) is 0.529. The van der Waals surface area contributed by atoms with Gasteiger partial charge in [0.15, 0.2) is 5.96 Å². The Bertz CT molecular complexity index is 624. The number of amides is 1. The van der Waals surface area contributed by atoms with E-state index in [2.05, 4.69) is 10.3 Å². The van der Waals surface area contributed by atoms with Crippen LogP contribution in [0.3, 0.4) is 0 Å². The maximum absolute atomic E-state index is 12.3. The minimum Gasteiger partial charge on any atom is -0.492 e. The third-order valence-electron chi connectivity index (χ3n) is 3.41. The maximum Gasteiger partial charge on any atom is 0.406 e. The standard InChI is InChI=1S/C17H24ClF3N4O2/c1-4-22-16(23-11-15(26)25(3)12-17(19,20)21)24(2)9-10-27-14-7-5-13(18)6-8-14/h5-8H,4,9-12H2,1-3H3,(H,22,23). The van der Waals surface area contributed by atoms with Crippen LogP contribution in [0.25, 0.3) is 0 Å². The average Bonchev–Trinajstić information content (AvgIpc) is 2.58. The first kappa shape index (κ1) is 22.9. The van der Waals surface area contributed by atoms with Gasteiger partial charge < -0.3 is 19.9 Å². The SMILES string of the molecule is CCNC(=NCC(=O)N(C)CC(F)(F)F)N(C)CCOc1ccc(Cl)cc1. The smallest absolute Gasteiger partial charge is 0.406 e. The molecule has 1 rings (SSSR count). The monoisotopic (exact) mass is 408 g/mol. The highest BCUT2D eigenvalue weighted by Gasteiger charge is 2.31. The minimum atomic E-state index is -4.44. The molecule has 0 spiro atoms. The fourth-order valence-electron chi connectivity index (χ4n) is 2.03. The first-order valence-electron chi connectivity index (χ1n) is 8.31. The summed E-state index contributed by atoms with van der Waals surface area (Å²) in [6, 6.07) is 6.93. The van der Waals surface area contributed by atoms with Gasteiger partial charge in [0, 0.05) is 25.7 Å². The van der Waals surface area contributed by atoms with Gasteiger partial charge in [0.1, 0.15) is 25.4 Å². The molecule has 1 aromatic rings. The lowest BCUT2D eigenvalue weighted by atomic mass is 10.3. The van der Waals surface area contributed by atoms with E-state index < -0.39 is 18.6 Å². The van der Waals surface area contributed by atoms with Crippen molar-refractivity contribution in [3.63, 3.8) is 0 Å². The number of carbonyl (C=O) groups is 1. The summed E-state index contributed by atoms with van der Waals surface area (Å²) in [5.74, 6) is 0.359. The molecule has 0 atom stereocenters. The van der Waals surface area contributed by atoms with Gasteiger partial charge in [0.05, 0.1) is 6.54 Å². The zero-order valence-corrected chi connectivity index (χ0v) is 16.3. The number of likely N-dealkylation sites (N-methyl/N-ethyl adjacent to an activating group) is 2. The molecule has 27 heavy (non-hydrogen) atoms. The molecule has 0 aromatic heterocycles. The van der Waals surface area contributed by atoms with Crippen molar-refractivity contribution in [3.05, 3.63) is 29.3 Å². The van der Waals surface area contributed by atoms with Crippen LogP contribution in [-0.2, 0) is 4.79 Å². The Labute approximate surface area is 161 Å². The third-order valence-corrected chi connectivity index (χ3v) is 3.66. The highest BCUT2D eigenvalue weighted by Crippen LogP contribution is 2.16. The third kappa shape index (κ3) is 9.37. The van der Waals surface area contributed by atoms with E-state index in [4.69, 9.17) is 16.3 Å². The second-order valence-corrected chi connectivity index (χ2v) is 6.20. The summed E-state index contributed by atoms with van der Waals surface area (Å²) < 4.78 is 42.6. The van der Waals surface area contributed by atoms with Gasteiger partial charge in [-0.15, -0.1) is 0 Å². The van der Waals surface area contributed by atoms with Gasteiger partial charge in [0.2, 0.25) is 5.91 Å². The lowest BCUT2D eigenvalue weighted by Crippen LogP contribution is -2.42. The van der Waals surface area contributed by atoms with Crippen molar-refractivity contribution in [3.8, 4) is 5.75 Å². The van der Waals surface area contributed by atoms with Crippen molar-refractivity contribution in [2.24, 2.45) is 4.99 Å². The molecule has 152 valence electrons. The number of aliphatic imine (C=N–C) groups is 1. The predicted octanol–water partition coefficient (Wildman–Crippen LogP) is 2.64. The molecule has 0 fully saturated rings. The summed E-state index contributed by atoms with van der Waals surface area (Å²) in [6.07, 6.45) is -4.44.